The Labute approximate surface area is 181 Å². The van der Waals surface area contributed by atoms with Crippen molar-refractivity contribution in [2.24, 2.45) is 5.92 Å². The molecule has 0 atom stereocenters. The quantitative estimate of drug-likeness (QED) is 0.788. The van der Waals surface area contributed by atoms with E-state index >= 15 is 0 Å². The van der Waals surface area contributed by atoms with E-state index in [-0.39, 0.29) is 18.0 Å². The van der Waals surface area contributed by atoms with Gasteiger partial charge in [0.2, 0.25) is 5.95 Å². The summed E-state index contributed by atoms with van der Waals surface area (Å²) >= 11 is 5.92. The van der Waals surface area contributed by atoms with Crippen LogP contribution in [0.5, 0.6) is 0 Å². The molecule has 1 fully saturated rings. The number of amides is 1. The van der Waals surface area contributed by atoms with Crippen LogP contribution in [0.1, 0.15) is 53.7 Å². The van der Waals surface area contributed by atoms with Crippen molar-refractivity contribution in [1.82, 2.24) is 14.6 Å². The van der Waals surface area contributed by atoms with Gasteiger partial charge in [-0.25, -0.2) is 4.98 Å². The van der Waals surface area contributed by atoms with Crippen molar-refractivity contribution in [3.63, 3.8) is 0 Å². The van der Waals surface area contributed by atoms with Crippen molar-refractivity contribution in [2.75, 3.05) is 25.5 Å². The van der Waals surface area contributed by atoms with E-state index in [2.05, 4.69) is 10.3 Å². The van der Waals surface area contributed by atoms with E-state index in [0.717, 1.165) is 12.2 Å². The van der Waals surface area contributed by atoms with Crippen LogP contribution >= 0.6 is 11.6 Å². The standard InChI is InChI=1S/C22H27ClN4O3/c1-30-27-21(29)18-14-26(20(28)16-7-9-17(23)10-8-16)12-11-19(18)25-22(27)24-13-15-5-3-2-4-6-15/h7-10,15H,2-6,11-14H2,1H3,(H,24,25). The first kappa shape index (κ1) is 20.7. The number of nitrogens with zero attached hydrogens (tertiary/aromatic N) is 3. The molecule has 2 aromatic rings. The molecule has 4 rings (SSSR count). The van der Waals surface area contributed by atoms with Crippen LogP contribution in [0, 0.1) is 5.92 Å². The lowest BCUT2D eigenvalue weighted by molar-refractivity contribution is 0.0728. The molecule has 30 heavy (non-hydrogen) atoms. The number of anilines is 1. The first-order chi connectivity index (χ1) is 14.6. The maximum absolute atomic E-state index is 13.1. The van der Waals surface area contributed by atoms with E-state index in [1.165, 1.54) is 43.9 Å². The van der Waals surface area contributed by atoms with Crippen LogP contribution in [0.4, 0.5) is 5.95 Å². The van der Waals surface area contributed by atoms with Gasteiger partial charge in [-0.2, -0.15) is 0 Å². The highest BCUT2D eigenvalue weighted by atomic mass is 35.5. The number of hydrogen-bond donors (Lipinski definition) is 1. The number of hydrogen-bond acceptors (Lipinski definition) is 5. The zero-order valence-electron chi connectivity index (χ0n) is 17.2. The van der Waals surface area contributed by atoms with Crippen LogP contribution in [0.15, 0.2) is 29.1 Å². The third kappa shape index (κ3) is 4.31. The van der Waals surface area contributed by atoms with Gasteiger partial charge < -0.3 is 15.1 Å². The summed E-state index contributed by atoms with van der Waals surface area (Å²) in [6, 6.07) is 6.78. The highest BCUT2D eigenvalue weighted by Gasteiger charge is 2.27. The van der Waals surface area contributed by atoms with Gasteiger partial charge in [-0.05, 0) is 43.0 Å². The molecule has 0 unspecified atom stereocenters. The lowest BCUT2D eigenvalue weighted by Gasteiger charge is -2.29. The predicted molar refractivity (Wildman–Crippen MR) is 116 cm³/mol. The van der Waals surface area contributed by atoms with E-state index in [1.807, 2.05) is 0 Å². The maximum atomic E-state index is 13.1. The Morgan fingerprint density at radius 1 is 1.23 bits per heavy atom. The third-order valence-corrected chi connectivity index (χ3v) is 6.28. The fourth-order valence-electron chi connectivity index (χ4n) is 4.32. The van der Waals surface area contributed by atoms with Crippen LogP contribution < -0.4 is 15.7 Å². The Kier molecular flexibility index (Phi) is 6.27. The molecular formula is C22H27ClN4O3. The zero-order chi connectivity index (χ0) is 21.1. The van der Waals surface area contributed by atoms with Gasteiger partial charge in [0, 0.05) is 30.1 Å². The largest absolute Gasteiger partial charge is 0.411 e. The van der Waals surface area contributed by atoms with Gasteiger partial charge in [-0.15, -0.1) is 4.73 Å². The molecule has 1 aliphatic heterocycles. The zero-order valence-corrected chi connectivity index (χ0v) is 18.0. The Morgan fingerprint density at radius 3 is 2.67 bits per heavy atom. The van der Waals surface area contributed by atoms with E-state index in [0.29, 0.717) is 41.0 Å². The molecule has 2 aliphatic rings. The van der Waals surface area contributed by atoms with E-state index < -0.39 is 0 Å². The Morgan fingerprint density at radius 2 is 1.97 bits per heavy atom. The van der Waals surface area contributed by atoms with Crippen molar-refractivity contribution in [3.05, 3.63) is 56.5 Å². The smallest absolute Gasteiger partial charge is 0.293 e. The molecule has 0 saturated heterocycles. The number of halogens is 1. The molecule has 0 spiro atoms. The third-order valence-electron chi connectivity index (χ3n) is 6.03. The van der Waals surface area contributed by atoms with Gasteiger partial charge >= 0.3 is 0 Å². The summed E-state index contributed by atoms with van der Waals surface area (Å²) in [7, 11) is 1.46. The Bertz CT molecular complexity index is 968. The monoisotopic (exact) mass is 430 g/mol. The summed E-state index contributed by atoms with van der Waals surface area (Å²) in [5.74, 6) is 0.925. The molecule has 1 N–H and O–H groups in total. The molecule has 8 heteroatoms. The van der Waals surface area contributed by atoms with Crippen molar-refractivity contribution in [2.45, 2.75) is 45.1 Å². The van der Waals surface area contributed by atoms with Crippen molar-refractivity contribution in [1.29, 1.82) is 0 Å². The van der Waals surface area contributed by atoms with Crippen LogP contribution in [0.3, 0.4) is 0 Å². The second-order valence-electron chi connectivity index (χ2n) is 8.01. The molecule has 1 amide bonds. The minimum Gasteiger partial charge on any atom is -0.411 e. The van der Waals surface area contributed by atoms with E-state index in [9.17, 15) is 9.59 Å². The summed E-state index contributed by atoms with van der Waals surface area (Å²) in [6.45, 7) is 1.52. The van der Waals surface area contributed by atoms with E-state index in [4.69, 9.17) is 16.4 Å². The first-order valence-corrected chi connectivity index (χ1v) is 10.9. The lowest BCUT2D eigenvalue weighted by Crippen LogP contribution is -2.42. The minimum absolute atomic E-state index is 0.125. The highest BCUT2D eigenvalue weighted by molar-refractivity contribution is 6.30. The van der Waals surface area contributed by atoms with Crippen LogP contribution in [-0.2, 0) is 13.0 Å². The molecule has 2 heterocycles. The summed E-state index contributed by atoms with van der Waals surface area (Å²) in [5, 5.41) is 3.90. The topological polar surface area (TPSA) is 76.5 Å². The molecule has 160 valence electrons. The molecule has 1 aromatic heterocycles. The first-order valence-electron chi connectivity index (χ1n) is 10.5. The average Bonchev–Trinajstić information content (AvgIpc) is 2.78. The minimum atomic E-state index is -0.262. The van der Waals surface area contributed by atoms with Gasteiger partial charge in [0.1, 0.15) is 7.11 Å². The number of carbonyl (C=O) groups is 1. The summed E-state index contributed by atoms with van der Waals surface area (Å²) in [6.07, 6.45) is 6.78. The van der Waals surface area contributed by atoms with Gasteiger partial charge in [-0.3, -0.25) is 9.59 Å². The number of carbonyl (C=O) groups excluding carboxylic acids is 1. The van der Waals surface area contributed by atoms with Crippen LogP contribution in [0.2, 0.25) is 5.02 Å². The maximum Gasteiger partial charge on any atom is 0.293 e. The SMILES string of the molecule is COn1c(NCC2CCCCC2)nc2c(c1=O)CN(C(=O)c1ccc(Cl)cc1)CC2. The average molecular weight is 431 g/mol. The predicted octanol–water partition coefficient (Wildman–Crippen LogP) is 3.15. The molecule has 1 aliphatic carbocycles. The lowest BCUT2D eigenvalue weighted by atomic mass is 9.89. The van der Waals surface area contributed by atoms with Crippen molar-refractivity contribution < 1.29 is 9.63 Å². The summed E-state index contributed by atoms with van der Waals surface area (Å²) in [5.41, 5.74) is 1.53. The Balaban J connectivity index is 1.53. The second-order valence-corrected chi connectivity index (χ2v) is 8.45. The fourth-order valence-corrected chi connectivity index (χ4v) is 4.44. The molecule has 0 bridgehead atoms. The normalized spacial score (nSPS) is 16.8. The van der Waals surface area contributed by atoms with Crippen molar-refractivity contribution >= 4 is 23.5 Å². The van der Waals surface area contributed by atoms with Gasteiger partial charge in [0.25, 0.3) is 11.5 Å². The van der Waals surface area contributed by atoms with E-state index in [1.54, 1.807) is 29.2 Å². The second kappa shape index (κ2) is 9.08. The number of aromatic nitrogens is 2. The number of fused-ring (bicyclic) bond motifs is 1. The molecule has 1 saturated carbocycles. The van der Waals surface area contributed by atoms with Crippen LogP contribution in [-0.4, -0.2) is 40.7 Å². The molecular weight excluding hydrogens is 404 g/mol. The van der Waals surface area contributed by atoms with Gasteiger partial charge in [0.05, 0.1) is 17.8 Å². The molecule has 0 radical (unpaired) electrons. The molecule has 7 nitrogen and oxygen atoms in total. The summed E-state index contributed by atoms with van der Waals surface area (Å²) in [4.78, 5) is 37.6. The van der Waals surface area contributed by atoms with Crippen molar-refractivity contribution in [3.8, 4) is 0 Å². The summed E-state index contributed by atoms with van der Waals surface area (Å²) < 4.78 is 1.21. The highest BCUT2D eigenvalue weighted by Crippen LogP contribution is 2.24. The molecule has 1 aromatic carbocycles. The van der Waals surface area contributed by atoms with Gasteiger partial charge in [-0.1, -0.05) is 30.9 Å². The van der Waals surface area contributed by atoms with Gasteiger partial charge in [0.15, 0.2) is 0 Å². The number of rotatable bonds is 5. The van der Waals surface area contributed by atoms with Crippen LogP contribution in [0.25, 0.3) is 0 Å². The number of nitrogens with one attached hydrogen (secondary N) is 1. The Hall–Kier alpha value is -2.54. The number of benzene rings is 1. The fraction of sp³-hybridized carbons (Fsp3) is 0.500.